The molecular formula is C20H26N6. The number of likely N-dealkylation sites (N-methyl/N-ethyl adjacent to an activating group) is 1. The zero-order valence-corrected chi connectivity index (χ0v) is 15.4. The van der Waals surface area contributed by atoms with Gasteiger partial charge in [0, 0.05) is 13.1 Å². The second kappa shape index (κ2) is 7.35. The smallest absolute Gasteiger partial charge is 0.131 e. The molecule has 6 heteroatoms. The Morgan fingerprint density at radius 1 is 1.00 bits per heavy atom. The van der Waals surface area contributed by atoms with Gasteiger partial charge in [-0.25, -0.2) is 4.98 Å². The maximum absolute atomic E-state index is 4.91. The van der Waals surface area contributed by atoms with Crippen molar-refractivity contribution in [2.45, 2.75) is 26.9 Å². The molecule has 1 aromatic heterocycles. The number of nitrogens with zero attached hydrogens (tertiary/aromatic N) is 4. The number of rotatable bonds is 7. The summed E-state index contributed by atoms with van der Waals surface area (Å²) >= 11 is 0. The van der Waals surface area contributed by atoms with Crippen molar-refractivity contribution >= 4 is 22.4 Å². The minimum Gasteiger partial charge on any atom is -0.325 e. The maximum atomic E-state index is 4.91. The van der Waals surface area contributed by atoms with E-state index in [9.17, 15) is 0 Å². The Morgan fingerprint density at radius 3 is 2.62 bits per heavy atom. The second-order valence-corrected chi connectivity index (χ2v) is 6.54. The number of aromatic nitrogens is 2. The SMILES string of the molecule is CCN(CC)CCn1c(CN2NNc3ccccc32)nc2ccccc21. The molecule has 0 saturated heterocycles. The van der Waals surface area contributed by atoms with Crippen LogP contribution in [0.2, 0.25) is 0 Å². The van der Waals surface area contributed by atoms with Crippen molar-refractivity contribution in [1.82, 2.24) is 20.0 Å². The van der Waals surface area contributed by atoms with Crippen LogP contribution in [-0.2, 0) is 13.1 Å². The zero-order chi connectivity index (χ0) is 17.9. The third-order valence-corrected chi connectivity index (χ3v) is 5.09. The van der Waals surface area contributed by atoms with E-state index in [4.69, 9.17) is 4.98 Å². The number of anilines is 2. The normalized spacial score (nSPS) is 13.4. The van der Waals surface area contributed by atoms with Crippen molar-refractivity contribution in [3.8, 4) is 0 Å². The van der Waals surface area contributed by atoms with Crippen molar-refractivity contribution in [2.75, 3.05) is 30.1 Å². The Balaban J connectivity index is 1.63. The van der Waals surface area contributed by atoms with Crippen LogP contribution in [0.25, 0.3) is 11.0 Å². The molecule has 0 bridgehead atoms. The number of hydrogen-bond donors (Lipinski definition) is 2. The van der Waals surface area contributed by atoms with Crippen molar-refractivity contribution in [2.24, 2.45) is 0 Å². The molecular weight excluding hydrogens is 324 g/mol. The predicted octanol–water partition coefficient (Wildman–Crippen LogP) is 3.23. The molecule has 2 N–H and O–H groups in total. The van der Waals surface area contributed by atoms with Gasteiger partial charge in [-0.1, -0.05) is 38.1 Å². The fraction of sp³-hybridized carbons (Fsp3) is 0.350. The summed E-state index contributed by atoms with van der Waals surface area (Å²) in [7, 11) is 0. The van der Waals surface area contributed by atoms with E-state index in [0.717, 1.165) is 48.9 Å². The number of hydrogen-bond acceptors (Lipinski definition) is 5. The lowest BCUT2D eigenvalue weighted by molar-refractivity contribution is 0.290. The average molecular weight is 350 g/mol. The molecule has 2 aromatic carbocycles. The molecule has 1 aliphatic rings. The first-order valence-electron chi connectivity index (χ1n) is 9.35. The fourth-order valence-corrected chi connectivity index (χ4v) is 3.55. The molecule has 0 fully saturated rings. The van der Waals surface area contributed by atoms with Crippen LogP contribution in [0.4, 0.5) is 11.4 Å². The van der Waals surface area contributed by atoms with Crippen LogP contribution in [0.3, 0.4) is 0 Å². The quantitative estimate of drug-likeness (QED) is 0.685. The zero-order valence-electron chi connectivity index (χ0n) is 15.4. The molecule has 6 nitrogen and oxygen atoms in total. The number of nitrogens with one attached hydrogen (secondary N) is 2. The Labute approximate surface area is 154 Å². The predicted molar refractivity (Wildman–Crippen MR) is 107 cm³/mol. The summed E-state index contributed by atoms with van der Waals surface area (Å²) in [5, 5.41) is 2.12. The molecule has 0 unspecified atom stereocenters. The summed E-state index contributed by atoms with van der Waals surface area (Å²) in [6.07, 6.45) is 0. The van der Waals surface area contributed by atoms with Gasteiger partial charge in [-0.3, -0.25) is 5.01 Å². The van der Waals surface area contributed by atoms with Crippen LogP contribution >= 0.6 is 0 Å². The number of hydrazine groups is 2. The van der Waals surface area contributed by atoms with Gasteiger partial charge in [-0.05, 0) is 37.4 Å². The van der Waals surface area contributed by atoms with Crippen LogP contribution in [0.5, 0.6) is 0 Å². The van der Waals surface area contributed by atoms with E-state index in [2.05, 4.69) is 81.7 Å². The third-order valence-electron chi connectivity index (χ3n) is 5.09. The van der Waals surface area contributed by atoms with E-state index in [1.165, 1.54) is 5.52 Å². The summed E-state index contributed by atoms with van der Waals surface area (Å²) in [6.45, 7) is 9.26. The van der Waals surface area contributed by atoms with Crippen molar-refractivity contribution in [1.29, 1.82) is 0 Å². The first kappa shape index (κ1) is 16.9. The Bertz CT molecular complexity index is 883. The second-order valence-electron chi connectivity index (χ2n) is 6.54. The average Bonchev–Trinajstić information content (AvgIpc) is 3.24. The van der Waals surface area contributed by atoms with Gasteiger partial charge in [-0.15, -0.1) is 5.53 Å². The van der Waals surface area contributed by atoms with Crippen LogP contribution < -0.4 is 16.0 Å². The molecule has 136 valence electrons. The monoisotopic (exact) mass is 350 g/mol. The molecule has 3 aromatic rings. The first-order valence-corrected chi connectivity index (χ1v) is 9.35. The third kappa shape index (κ3) is 3.13. The molecule has 0 saturated carbocycles. The number of benzene rings is 2. The largest absolute Gasteiger partial charge is 0.325 e. The summed E-state index contributed by atoms with van der Waals surface area (Å²) in [4.78, 5) is 7.36. The lowest BCUT2D eigenvalue weighted by Gasteiger charge is -2.21. The first-order chi connectivity index (χ1) is 12.8. The lowest BCUT2D eigenvalue weighted by Crippen LogP contribution is -2.36. The van der Waals surface area contributed by atoms with Crippen molar-refractivity contribution < 1.29 is 0 Å². The van der Waals surface area contributed by atoms with E-state index in [1.54, 1.807) is 0 Å². The van der Waals surface area contributed by atoms with E-state index in [-0.39, 0.29) is 0 Å². The summed E-state index contributed by atoms with van der Waals surface area (Å²) < 4.78 is 2.36. The van der Waals surface area contributed by atoms with Crippen LogP contribution in [0, 0.1) is 0 Å². The van der Waals surface area contributed by atoms with Gasteiger partial charge in [0.2, 0.25) is 0 Å². The van der Waals surface area contributed by atoms with E-state index in [1.807, 2.05) is 6.07 Å². The highest BCUT2D eigenvalue weighted by atomic mass is 15.7. The molecule has 1 aliphatic heterocycles. The molecule has 2 heterocycles. The standard InChI is InChI=1S/C20H26N6/c1-3-24(4-2)13-14-25-18-11-7-5-9-16(18)21-20(25)15-26-19-12-8-6-10-17(19)22-23-26/h5-12,22-23H,3-4,13-15H2,1-2H3. The maximum Gasteiger partial charge on any atom is 0.131 e. The van der Waals surface area contributed by atoms with Gasteiger partial charge in [0.25, 0.3) is 0 Å². The van der Waals surface area contributed by atoms with E-state index in [0.29, 0.717) is 6.54 Å². The van der Waals surface area contributed by atoms with Gasteiger partial charge < -0.3 is 14.9 Å². The fourth-order valence-electron chi connectivity index (χ4n) is 3.55. The summed E-state index contributed by atoms with van der Waals surface area (Å²) in [6, 6.07) is 16.7. The Hall–Kier alpha value is -2.57. The lowest BCUT2D eigenvalue weighted by atomic mass is 10.2. The molecule has 0 aliphatic carbocycles. The number of imidazole rings is 1. The van der Waals surface area contributed by atoms with Crippen molar-refractivity contribution in [3.05, 3.63) is 54.4 Å². The molecule has 4 rings (SSSR count). The molecule has 0 amide bonds. The minimum absolute atomic E-state index is 0.705. The van der Waals surface area contributed by atoms with Gasteiger partial charge in [0.1, 0.15) is 5.82 Å². The highest BCUT2D eigenvalue weighted by Crippen LogP contribution is 2.29. The van der Waals surface area contributed by atoms with Gasteiger partial charge in [0.05, 0.1) is 29.0 Å². The van der Waals surface area contributed by atoms with Crippen LogP contribution in [0.15, 0.2) is 48.5 Å². The van der Waals surface area contributed by atoms with Gasteiger partial charge in [-0.2, -0.15) is 0 Å². The highest BCUT2D eigenvalue weighted by molar-refractivity contribution is 5.76. The minimum atomic E-state index is 0.705. The van der Waals surface area contributed by atoms with Crippen molar-refractivity contribution in [3.63, 3.8) is 0 Å². The Kier molecular flexibility index (Phi) is 4.77. The van der Waals surface area contributed by atoms with Crippen LogP contribution in [0.1, 0.15) is 19.7 Å². The molecule has 0 radical (unpaired) electrons. The highest BCUT2D eigenvalue weighted by Gasteiger charge is 2.21. The number of para-hydroxylation sites is 4. The molecule has 0 spiro atoms. The van der Waals surface area contributed by atoms with E-state index >= 15 is 0 Å². The summed E-state index contributed by atoms with van der Waals surface area (Å²) in [5.41, 5.74) is 11.0. The van der Waals surface area contributed by atoms with Crippen LogP contribution in [-0.4, -0.2) is 34.1 Å². The Morgan fingerprint density at radius 2 is 1.77 bits per heavy atom. The van der Waals surface area contributed by atoms with Gasteiger partial charge >= 0.3 is 0 Å². The van der Waals surface area contributed by atoms with Gasteiger partial charge in [0.15, 0.2) is 0 Å². The summed E-state index contributed by atoms with van der Waals surface area (Å²) in [5.74, 6) is 1.07. The molecule has 26 heavy (non-hydrogen) atoms. The number of fused-ring (bicyclic) bond motifs is 2. The van der Waals surface area contributed by atoms with E-state index < -0.39 is 0 Å². The topological polar surface area (TPSA) is 48.4 Å². The molecule has 0 atom stereocenters.